The molecule has 0 saturated carbocycles. The maximum absolute atomic E-state index is 13.3. The highest BCUT2D eigenvalue weighted by Crippen LogP contribution is 2.37. The molecule has 0 aromatic heterocycles. The Hall–Kier alpha value is -3.02. The van der Waals surface area contributed by atoms with Crippen LogP contribution in [0, 0.1) is 0 Å². The number of ether oxygens (including phenoxy) is 2. The van der Waals surface area contributed by atoms with Crippen molar-refractivity contribution in [2.24, 2.45) is 0 Å². The summed E-state index contributed by atoms with van der Waals surface area (Å²) >= 11 is 0. The Bertz CT molecular complexity index is 924. The Labute approximate surface area is 158 Å². The second-order valence-electron chi connectivity index (χ2n) is 7.05. The lowest BCUT2D eigenvalue weighted by atomic mass is 9.88. The van der Waals surface area contributed by atoms with E-state index in [2.05, 4.69) is 18.3 Å². The van der Waals surface area contributed by atoms with E-state index < -0.39 is 0 Å². The Morgan fingerprint density at radius 2 is 2.04 bits per heavy atom. The van der Waals surface area contributed by atoms with Gasteiger partial charge in [-0.05, 0) is 61.7 Å². The fraction of sp³-hybridized carbons (Fsp3) is 0.333. The molecule has 0 radical (unpaired) electrons. The molecule has 2 aliphatic rings. The highest BCUT2D eigenvalue weighted by atomic mass is 16.5. The summed E-state index contributed by atoms with van der Waals surface area (Å²) < 4.78 is 10.8. The Morgan fingerprint density at radius 3 is 2.81 bits per heavy atom. The lowest BCUT2D eigenvalue weighted by molar-refractivity contribution is -0.118. The van der Waals surface area contributed by atoms with E-state index in [9.17, 15) is 9.59 Å². The molecule has 0 aliphatic carbocycles. The van der Waals surface area contributed by atoms with Crippen molar-refractivity contribution in [2.45, 2.75) is 32.4 Å². The highest BCUT2D eigenvalue weighted by molar-refractivity contribution is 5.99. The van der Waals surface area contributed by atoms with Gasteiger partial charge >= 0.3 is 0 Å². The van der Waals surface area contributed by atoms with Gasteiger partial charge in [0.1, 0.15) is 11.5 Å². The predicted molar refractivity (Wildman–Crippen MR) is 101 cm³/mol. The number of benzene rings is 2. The number of amides is 2. The normalized spacial score (nSPS) is 20.9. The quantitative estimate of drug-likeness (QED) is 0.886. The van der Waals surface area contributed by atoms with E-state index in [1.807, 2.05) is 24.0 Å². The second-order valence-corrected chi connectivity index (χ2v) is 7.05. The van der Waals surface area contributed by atoms with Crippen molar-refractivity contribution >= 4 is 17.5 Å². The molecule has 0 saturated heterocycles. The number of rotatable bonds is 2. The minimum absolute atomic E-state index is 0.0314. The molecule has 0 fully saturated rings. The van der Waals surface area contributed by atoms with E-state index in [1.165, 1.54) is 5.56 Å². The molecule has 2 atom stereocenters. The van der Waals surface area contributed by atoms with Gasteiger partial charge in [-0.2, -0.15) is 0 Å². The van der Waals surface area contributed by atoms with Crippen LogP contribution in [-0.2, 0) is 11.2 Å². The van der Waals surface area contributed by atoms with Gasteiger partial charge in [-0.3, -0.25) is 9.59 Å². The van der Waals surface area contributed by atoms with Crippen LogP contribution in [0.1, 0.15) is 41.4 Å². The first kappa shape index (κ1) is 17.4. The van der Waals surface area contributed by atoms with Gasteiger partial charge in [0.15, 0.2) is 6.61 Å². The third kappa shape index (κ3) is 3.01. The topological polar surface area (TPSA) is 67.9 Å². The summed E-state index contributed by atoms with van der Waals surface area (Å²) in [6.07, 6.45) is 0.778. The van der Waals surface area contributed by atoms with E-state index in [0.29, 0.717) is 17.0 Å². The minimum Gasteiger partial charge on any atom is -0.497 e. The summed E-state index contributed by atoms with van der Waals surface area (Å²) in [6.45, 7) is 4.08. The zero-order valence-corrected chi connectivity index (χ0v) is 15.6. The predicted octanol–water partition coefficient (Wildman–Crippen LogP) is 3.17. The highest BCUT2D eigenvalue weighted by Gasteiger charge is 2.34. The van der Waals surface area contributed by atoms with Gasteiger partial charge in [0.05, 0.1) is 18.8 Å². The van der Waals surface area contributed by atoms with Gasteiger partial charge in [-0.1, -0.05) is 6.07 Å². The van der Waals surface area contributed by atoms with Crippen LogP contribution in [-0.4, -0.2) is 36.5 Å². The van der Waals surface area contributed by atoms with Crippen LogP contribution < -0.4 is 14.8 Å². The number of fused-ring (bicyclic) bond motifs is 2. The molecule has 4 rings (SSSR count). The molecule has 2 heterocycles. The van der Waals surface area contributed by atoms with Gasteiger partial charge in [-0.15, -0.1) is 0 Å². The molecule has 0 spiro atoms. The van der Waals surface area contributed by atoms with Crippen molar-refractivity contribution in [3.05, 3.63) is 53.1 Å². The zero-order valence-electron chi connectivity index (χ0n) is 15.6. The van der Waals surface area contributed by atoms with E-state index in [4.69, 9.17) is 9.47 Å². The fourth-order valence-corrected chi connectivity index (χ4v) is 3.97. The standard InChI is InChI=1S/C21H22N2O4/c1-12-8-15-9-16(26-3)5-6-17(15)13(2)23(12)21(25)14-4-7-18-19(10-14)27-11-20(24)22-18/h4-7,9-10,12-13H,8,11H2,1-3H3,(H,22,24). The lowest BCUT2D eigenvalue weighted by Crippen LogP contribution is -2.45. The van der Waals surface area contributed by atoms with Crippen LogP contribution in [0.2, 0.25) is 0 Å². The number of hydrogen-bond donors (Lipinski definition) is 1. The third-order valence-electron chi connectivity index (χ3n) is 5.30. The Balaban J connectivity index is 1.64. The number of hydrogen-bond acceptors (Lipinski definition) is 4. The number of methoxy groups -OCH3 is 1. The van der Waals surface area contributed by atoms with Crippen molar-refractivity contribution in [3.8, 4) is 11.5 Å². The van der Waals surface area contributed by atoms with Gasteiger partial charge < -0.3 is 19.7 Å². The van der Waals surface area contributed by atoms with Crippen molar-refractivity contribution in [1.29, 1.82) is 0 Å². The number of anilines is 1. The van der Waals surface area contributed by atoms with Gasteiger partial charge in [-0.25, -0.2) is 0 Å². The van der Waals surface area contributed by atoms with Gasteiger partial charge in [0, 0.05) is 11.6 Å². The maximum Gasteiger partial charge on any atom is 0.262 e. The molecule has 0 bridgehead atoms. The summed E-state index contributed by atoms with van der Waals surface area (Å²) in [6, 6.07) is 11.2. The van der Waals surface area contributed by atoms with Crippen molar-refractivity contribution in [3.63, 3.8) is 0 Å². The Kier molecular flexibility index (Phi) is 4.26. The van der Waals surface area contributed by atoms with Crippen LogP contribution in [0.25, 0.3) is 0 Å². The smallest absolute Gasteiger partial charge is 0.262 e. The van der Waals surface area contributed by atoms with Crippen LogP contribution in [0.4, 0.5) is 5.69 Å². The number of carbonyl (C=O) groups is 2. The van der Waals surface area contributed by atoms with E-state index in [-0.39, 0.29) is 30.5 Å². The SMILES string of the molecule is COc1ccc2c(c1)CC(C)N(C(=O)c1ccc3c(c1)OCC(=O)N3)C2C. The van der Waals surface area contributed by atoms with Crippen LogP contribution >= 0.6 is 0 Å². The summed E-state index contributed by atoms with van der Waals surface area (Å²) in [4.78, 5) is 26.6. The summed E-state index contributed by atoms with van der Waals surface area (Å²) in [5.41, 5.74) is 3.51. The first-order chi connectivity index (χ1) is 13.0. The van der Waals surface area contributed by atoms with Crippen molar-refractivity contribution in [1.82, 2.24) is 4.90 Å². The van der Waals surface area contributed by atoms with E-state index >= 15 is 0 Å². The minimum atomic E-state index is -0.188. The van der Waals surface area contributed by atoms with Gasteiger partial charge in [0.2, 0.25) is 0 Å². The molecule has 6 heteroatoms. The van der Waals surface area contributed by atoms with E-state index in [0.717, 1.165) is 17.7 Å². The van der Waals surface area contributed by atoms with Gasteiger partial charge in [0.25, 0.3) is 11.8 Å². The molecule has 2 amide bonds. The fourth-order valence-electron chi connectivity index (χ4n) is 3.97. The third-order valence-corrected chi connectivity index (χ3v) is 5.30. The molecule has 2 unspecified atom stereocenters. The molecule has 2 aromatic rings. The lowest BCUT2D eigenvalue weighted by Gasteiger charge is -2.40. The summed E-state index contributed by atoms with van der Waals surface area (Å²) in [5, 5.41) is 2.75. The van der Waals surface area contributed by atoms with Crippen LogP contribution in [0.3, 0.4) is 0 Å². The molecular weight excluding hydrogens is 344 g/mol. The average molecular weight is 366 g/mol. The first-order valence-corrected chi connectivity index (χ1v) is 9.04. The van der Waals surface area contributed by atoms with E-state index in [1.54, 1.807) is 25.3 Å². The van der Waals surface area contributed by atoms with Crippen molar-refractivity contribution < 1.29 is 19.1 Å². The molecule has 140 valence electrons. The summed E-state index contributed by atoms with van der Waals surface area (Å²) in [5.74, 6) is 1.14. The first-order valence-electron chi connectivity index (χ1n) is 9.04. The second kappa shape index (κ2) is 6.61. The molecule has 1 N–H and O–H groups in total. The number of nitrogens with zero attached hydrogens (tertiary/aromatic N) is 1. The number of carbonyl (C=O) groups excluding carboxylic acids is 2. The van der Waals surface area contributed by atoms with Crippen LogP contribution in [0.15, 0.2) is 36.4 Å². The molecular formula is C21H22N2O4. The van der Waals surface area contributed by atoms with Crippen LogP contribution in [0.5, 0.6) is 11.5 Å². The maximum atomic E-state index is 13.3. The van der Waals surface area contributed by atoms with Crippen molar-refractivity contribution in [2.75, 3.05) is 19.0 Å². The largest absolute Gasteiger partial charge is 0.497 e. The zero-order chi connectivity index (χ0) is 19.1. The summed E-state index contributed by atoms with van der Waals surface area (Å²) in [7, 11) is 1.66. The monoisotopic (exact) mass is 366 g/mol. The Morgan fingerprint density at radius 1 is 1.22 bits per heavy atom. The average Bonchev–Trinajstić information content (AvgIpc) is 2.66. The molecule has 6 nitrogen and oxygen atoms in total. The molecule has 27 heavy (non-hydrogen) atoms. The molecule has 2 aromatic carbocycles. The molecule has 2 aliphatic heterocycles. The number of nitrogens with one attached hydrogen (secondary N) is 1.